The van der Waals surface area contributed by atoms with Crippen LogP contribution in [0.4, 0.5) is 5.69 Å². The monoisotopic (exact) mass is 420 g/mol. The molecule has 0 aliphatic rings. The summed E-state index contributed by atoms with van der Waals surface area (Å²) in [5, 5.41) is 2.77. The van der Waals surface area contributed by atoms with Crippen molar-refractivity contribution in [2.24, 2.45) is 0 Å². The van der Waals surface area contributed by atoms with Gasteiger partial charge < -0.3 is 14.8 Å². The minimum atomic E-state index is -3.65. The van der Waals surface area contributed by atoms with E-state index in [4.69, 9.17) is 9.47 Å². The molecule has 2 rings (SSSR count). The van der Waals surface area contributed by atoms with Gasteiger partial charge in [0.05, 0.1) is 24.6 Å². The molecule has 158 valence electrons. The van der Waals surface area contributed by atoms with Crippen LogP contribution in [0.5, 0.6) is 11.5 Å². The van der Waals surface area contributed by atoms with Crippen molar-refractivity contribution in [1.82, 2.24) is 5.32 Å². The molecular weight excluding hydrogens is 392 g/mol. The maximum atomic E-state index is 12.4. The normalized spacial score (nSPS) is 12.1. The number of anilines is 1. The number of hydrogen-bond acceptors (Lipinski definition) is 5. The van der Waals surface area contributed by atoms with Crippen molar-refractivity contribution in [3.8, 4) is 11.5 Å². The Hall–Kier alpha value is -2.74. The summed E-state index contributed by atoms with van der Waals surface area (Å²) >= 11 is 0. The summed E-state index contributed by atoms with van der Waals surface area (Å²) in [4.78, 5) is 12.4. The van der Waals surface area contributed by atoms with E-state index >= 15 is 0 Å². The summed E-state index contributed by atoms with van der Waals surface area (Å²) in [5.41, 5.74) is 1.50. The zero-order chi connectivity index (χ0) is 21.4. The lowest BCUT2D eigenvalue weighted by Crippen LogP contribution is -2.44. The highest BCUT2D eigenvalue weighted by Gasteiger charge is 2.22. The third kappa shape index (κ3) is 7.30. The average molecular weight is 421 g/mol. The van der Waals surface area contributed by atoms with Crippen LogP contribution in [0, 0.1) is 6.92 Å². The molecule has 0 unspecified atom stereocenters. The van der Waals surface area contributed by atoms with E-state index in [1.165, 1.54) is 0 Å². The van der Waals surface area contributed by atoms with Gasteiger partial charge in [0.2, 0.25) is 15.9 Å². The second kappa shape index (κ2) is 10.2. The Labute approximate surface area is 172 Å². The molecule has 0 aliphatic heterocycles. The van der Waals surface area contributed by atoms with Gasteiger partial charge in [-0.3, -0.25) is 9.10 Å². The van der Waals surface area contributed by atoms with E-state index in [-0.39, 0.29) is 19.2 Å². The molecule has 7 nitrogen and oxygen atoms in total. The summed E-state index contributed by atoms with van der Waals surface area (Å²) < 4.78 is 36.6. The lowest BCUT2D eigenvalue weighted by Gasteiger charge is -2.23. The third-order valence-electron chi connectivity index (χ3n) is 4.03. The van der Waals surface area contributed by atoms with E-state index in [0.717, 1.165) is 16.1 Å². The van der Waals surface area contributed by atoms with Crippen LogP contribution < -0.4 is 19.1 Å². The molecule has 1 N–H and O–H groups in total. The van der Waals surface area contributed by atoms with Gasteiger partial charge in [0.15, 0.2) is 0 Å². The molecule has 1 atom stereocenters. The molecule has 0 aliphatic carbocycles. The summed E-state index contributed by atoms with van der Waals surface area (Å²) in [5.74, 6) is 0.832. The van der Waals surface area contributed by atoms with Crippen LogP contribution in [-0.2, 0) is 14.8 Å². The van der Waals surface area contributed by atoms with Crippen molar-refractivity contribution in [2.75, 3.05) is 30.3 Å². The van der Waals surface area contributed by atoms with E-state index in [1.807, 2.05) is 38.1 Å². The van der Waals surface area contributed by atoms with E-state index in [2.05, 4.69) is 5.32 Å². The van der Waals surface area contributed by atoms with Crippen molar-refractivity contribution >= 4 is 21.6 Å². The maximum Gasteiger partial charge on any atom is 0.241 e. The van der Waals surface area contributed by atoms with Gasteiger partial charge in [-0.1, -0.05) is 23.8 Å². The first-order valence-corrected chi connectivity index (χ1v) is 11.2. The van der Waals surface area contributed by atoms with E-state index in [9.17, 15) is 13.2 Å². The van der Waals surface area contributed by atoms with Crippen molar-refractivity contribution in [3.05, 3.63) is 54.1 Å². The molecule has 0 heterocycles. The van der Waals surface area contributed by atoms with Gasteiger partial charge in [0.1, 0.15) is 24.7 Å². The highest BCUT2D eigenvalue weighted by Crippen LogP contribution is 2.23. The topological polar surface area (TPSA) is 84.9 Å². The maximum absolute atomic E-state index is 12.4. The molecule has 0 fully saturated rings. The predicted octanol–water partition coefficient (Wildman–Crippen LogP) is 2.74. The van der Waals surface area contributed by atoms with Crippen molar-refractivity contribution in [2.45, 2.75) is 26.8 Å². The summed E-state index contributed by atoms with van der Waals surface area (Å²) in [6.45, 7) is 6.03. The molecule has 0 saturated heterocycles. The van der Waals surface area contributed by atoms with Crippen LogP contribution in [0.2, 0.25) is 0 Å². The molecule has 0 spiro atoms. The Morgan fingerprint density at radius 1 is 1.10 bits per heavy atom. The van der Waals surface area contributed by atoms with Crippen LogP contribution >= 0.6 is 0 Å². The highest BCUT2D eigenvalue weighted by molar-refractivity contribution is 7.92. The van der Waals surface area contributed by atoms with Gasteiger partial charge in [-0.2, -0.15) is 0 Å². The largest absolute Gasteiger partial charge is 0.494 e. The summed E-state index contributed by atoms with van der Waals surface area (Å²) in [7, 11) is -3.65. The number of carbonyl (C=O) groups excluding carboxylic acids is 1. The fourth-order valence-electron chi connectivity index (χ4n) is 2.64. The zero-order valence-corrected chi connectivity index (χ0v) is 18.0. The molecule has 0 aromatic heterocycles. The van der Waals surface area contributed by atoms with Crippen LogP contribution in [0.3, 0.4) is 0 Å². The number of ether oxygens (including phenoxy) is 2. The first-order valence-electron chi connectivity index (χ1n) is 9.38. The first kappa shape index (κ1) is 22.5. The van der Waals surface area contributed by atoms with Gasteiger partial charge in [0, 0.05) is 6.07 Å². The third-order valence-corrected chi connectivity index (χ3v) is 5.17. The Bertz CT molecular complexity index is 913. The lowest BCUT2D eigenvalue weighted by atomic mass is 10.2. The number of hydrogen-bond donors (Lipinski definition) is 1. The minimum absolute atomic E-state index is 0.271. The standard InChI is InChI=1S/C21H28N2O5S/c1-5-27-20-8-6-7-18(13-20)23(29(4,25)26)14-21(24)22-17(3)15-28-19-11-9-16(2)10-12-19/h6-13,17H,5,14-15H2,1-4H3,(H,22,24)/t17-/m0/s1. The first-order chi connectivity index (χ1) is 13.7. The van der Waals surface area contributed by atoms with Crippen molar-refractivity contribution in [1.29, 1.82) is 0 Å². The van der Waals surface area contributed by atoms with E-state index < -0.39 is 15.9 Å². The molecule has 0 saturated carbocycles. The highest BCUT2D eigenvalue weighted by atomic mass is 32.2. The van der Waals surface area contributed by atoms with Crippen molar-refractivity contribution in [3.63, 3.8) is 0 Å². The number of carbonyl (C=O) groups is 1. The number of amides is 1. The molecule has 1 amide bonds. The Balaban J connectivity index is 1.99. The van der Waals surface area contributed by atoms with Crippen molar-refractivity contribution < 1.29 is 22.7 Å². The fraction of sp³-hybridized carbons (Fsp3) is 0.381. The average Bonchev–Trinajstić information content (AvgIpc) is 2.65. The van der Waals surface area contributed by atoms with Crippen LogP contribution in [0.25, 0.3) is 0 Å². The minimum Gasteiger partial charge on any atom is -0.494 e. The van der Waals surface area contributed by atoms with E-state index in [0.29, 0.717) is 23.8 Å². The smallest absolute Gasteiger partial charge is 0.241 e. The van der Waals surface area contributed by atoms with E-state index in [1.54, 1.807) is 31.2 Å². The Morgan fingerprint density at radius 3 is 2.41 bits per heavy atom. The SMILES string of the molecule is CCOc1cccc(N(CC(=O)N[C@@H](C)COc2ccc(C)cc2)S(C)(=O)=O)c1. The molecule has 2 aromatic carbocycles. The van der Waals surface area contributed by atoms with Gasteiger partial charge in [-0.15, -0.1) is 0 Å². The predicted molar refractivity (Wildman–Crippen MR) is 114 cm³/mol. The number of benzene rings is 2. The quantitative estimate of drug-likeness (QED) is 0.639. The molecule has 2 aromatic rings. The Morgan fingerprint density at radius 2 is 1.79 bits per heavy atom. The molecule has 0 bridgehead atoms. The van der Waals surface area contributed by atoms with Crippen LogP contribution in [-0.4, -0.2) is 46.4 Å². The number of aryl methyl sites for hydroxylation is 1. The number of sulfonamides is 1. The molecular formula is C21H28N2O5S. The number of nitrogens with zero attached hydrogens (tertiary/aromatic N) is 1. The lowest BCUT2D eigenvalue weighted by molar-refractivity contribution is -0.120. The molecule has 8 heteroatoms. The number of rotatable bonds is 10. The van der Waals surface area contributed by atoms with Crippen LogP contribution in [0.1, 0.15) is 19.4 Å². The second-order valence-corrected chi connectivity index (χ2v) is 8.70. The summed E-state index contributed by atoms with van der Waals surface area (Å²) in [6.07, 6.45) is 1.07. The zero-order valence-electron chi connectivity index (χ0n) is 17.2. The molecule has 0 radical (unpaired) electrons. The fourth-order valence-corrected chi connectivity index (χ4v) is 3.49. The van der Waals surface area contributed by atoms with Gasteiger partial charge >= 0.3 is 0 Å². The van der Waals surface area contributed by atoms with Gasteiger partial charge in [-0.25, -0.2) is 8.42 Å². The Kier molecular flexibility index (Phi) is 7.90. The van der Waals surface area contributed by atoms with Gasteiger partial charge in [0.25, 0.3) is 0 Å². The summed E-state index contributed by atoms with van der Waals surface area (Å²) in [6, 6.07) is 14.0. The van der Waals surface area contributed by atoms with Crippen LogP contribution in [0.15, 0.2) is 48.5 Å². The number of nitrogens with one attached hydrogen (secondary N) is 1. The van der Waals surface area contributed by atoms with Gasteiger partial charge in [-0.05, 0) is 45.0 Å². The molecule has 29 heavy (non-hydrogen) atoms. The second-order valence-electron chi connectivity index (χ2n) is 6.79.